The molecule has 1 aromatic carbocycles. The standard InChI is InChI=1S/C10H9F3O2S/c1-14-6-2-3-8-7(4-6)15-5-9(16-8)10(11,12)13/h2-4,9H,5H2,1H3. The van der Waals surface area contributed by atoms with Gasteiger partial charge in [-0.25, -0.2) is 0 Å². The van der Waals surface area contributed by atoms with Crippen LogP contribution in [0.25, 0.3) is 0 Å². The molecule has 2 nitrogen and oxygen atoms in total. The lowest BCUT2D eigenvalue weighted by Gasteiger charge is -2.26. The van der Waals surface area contributed by atoms with Crippen molar-refractivity contribution in [1.82, 2.24) is 0 Å². The molecule has 1 aliphatic rings. The molecular formula is C10H9F3O2S. The van der Waals surface area contributed by atoms with E-state index in [0.29, 0.717) is 16.4 Å². The molecule has 1 aromatic rings. The Morgan fingerprint density at radius 2 is 2.19 bits per heavy atom. The van der Waals surface area contributed by atoms with Gasteiger partial charge in [0.25, 0.3) is 0 Å². The summed E-state index contributed by atoms with van der Waals surface area (Å²) in [7, 11) is 1.50. The van der Waals surface area contributed by atoms with Gasteiger partial charge in [0.2, 0.25) is 0 Å². The van der Waals surface area contributed by atoms with Crippen LogP contribution in [0.15, 0.2) is 23.1 Å². The molecule has 0 radical (unpaired) electrons. The summed E-state index contributed by atoms with van der Waals surface area (Å²) in [5, 5.41) is -1.49. The van der Waals surface area contributed by atoms with Crippen molar-refractivity contribution in [2.45, 2.75) is 16.3 Å². The lowest BCUT2D eigenvalue weighted by Crippen LogP contribution is -2.33. The molecule has 1 unspecified atom stereocenters. The minimum atomic E-state index is -4.23. The predicted molar refractivity (Wildman–Crippen MR) is 54.2 cm³/mol. The molecule has 0 saturated heterocycles. The number of halogens is 3. The monoisotopic (exact) mass is 250 g/mol. The van der Waals surface area contributed by atoms with Crippen LogP contribution in [0.1, 0.15) is 0 Å². The van der Waals surface area contributed by atoms with E-state index in [0.717, 1.165) is 11.8 Å². The second-order valence-electron chi connectivity index (χ2n) is 3.27. The molecule has 16 heavy (non-hydrogen) atoms. The van der Waals surface area contributed by atoms with Gasteiger partial charge >= 0.3 is 6.18 Å². The average Bonchev–Trinajstić information content (AvgIpc) is 2.26. The zero-order chi connectivity index (χ0) is 11.8. The highest BCUT2D eigenvalue weighted by Gasteiger charge is 2.43. The molecule has 0 N–H and O–H groups in total. The third-order valence-corrected chi connectivity index (χ3v) is 3.45. The Morgan fingerprint density at radius 1 is 1.44 bits per heavy atom. The van der Waals surface area contributed by atoms with Crippen molar-refractivity contribution in [3.8, 4) is 11.5 Å². The number of methoxy groups -OCH3 is 1. The maximum absolute atomic E-state index is 12.5. The first-order valence-corrected chi connectivity index (χ1v) is 5.43. The third-order valence-electron chi connectivity index (χ3n) is 2.18. The molecule has 1 atom stereocenters. The Labute approximate surface area is 94.7 Å². The van der Waals surface area contributed by atoms with E-state index in [4.69, 9.17) is 9.47 Å². The first kappa shape index (κ1) is 11.4. The fourth-order valence-electron chi connectivity index (χ4n) is 1.34. The van der Waals surface area contributed by atoms with Gasteiger partial charge in [-0.05, 0) is 12.1 Å². The van der Waals surface area contributed by atoms with Gasteiger partial charge < -0.3 is 9.47 Å². The van der Waals surface area contributed by atoms with Crippen molar-refractivity contribution < 1.29 is 22.6 Å². The zero-order valence-corrected chi connectivity index (χ0v) is 9.19. The SMILES string of the molecule is COc1ccc2c(c1)OCC(C(F)(F)F)S2. The Balaban J connectivity index is 2.22. The number of rotatable bonds is 1. The number of benzene rings is 1. The molecule has 1 heterocycles. The van der Waals surface area contributed by atoms with Crippen molar-refractivity contribution in [2.24, 2.45) is 0 Å². The van der Waals surface area contributed by atoms with Crippen molar-refractivity contribution >= 4 is 11.8 Å². The maximum atomic E-state index is 12.5. The first-order chi connectivity index (χ1) is 7.50. The van der Waals surface area contributed by atoms with Crippen LogP contribution in [0.3, 0.4) is 0 Å². The Morgan fingerprint density at radius 3 is 2.81 bits per heavy atom. The van der Waals surface area contributed by atoms with Gasteiger partial charge in [-0.2, -0.15) is 13.2 Å². The number of ether oxygens (including phenoxy) is 2. The van der Waals surface area contributed by atoms with Crippen LogP contribution in [0, 0.1) is 0 Å². The van der Waals surface area contributed by atoms with Gasteiger partial charge in [0.15, 0.2) is 0 Å². The van der Waals surface area contributed by atoms with Crippen LogP contribution in [-0.4, -0.2) is 25.1 Å². The summed E-state index contributed by atoms with van der Waals surface area (Å²) in [5.41, 5.74) is 0. The van der Waals surface area contributed by atoms with E-state index in [1.807, 2.05) is 0 Å². The Bertz CT molecular complexity index is 392. The van der Waals surface area contributed by atoms with Crippen molar-refractivity contribution in [1.29, 1.82) is 0 Å². The van der Waals surface area contributed by atoms with Crippen LogP contribution in [0.4, 0.5) is 13.2 Å². The highest BCUT2D eigenvalue weighted by molar-refractivity contribution is 8.00. The highest BCUT2D eigenvalue weighted by Crippen LogP contribution is 2.44. The van der Waals surface area contributed by atoms with Crippen LogP contribution < -0.4 is 9.47 Å². The van der Waals surface area contributed by atoms with E-state index < -0.39 is 11.4 Å². The quantitative estimate of drug-likeness (QED) is 0.763. The zero-order valence-electron chi connectivity index (χ0n) is 8.38. The van der Waals surface area contributed by atoms with Gasteiger partial charge in [-0.1, -0.05) is 0 Å². The second-order valence-corrected chi connectivity index (χ2v) is 4.52. The Kier molecular flexibility index (Phi) is 2.92. The summed E-state index contributed by atoms with van der Waals surface area (Å²) in [4.78, 5) is 0.495. The normalized spacial score (nSPS) is 19.9. The smallest absolute Gasteiger partial charge is 0.404 e. The van der Waals surface area contributed by atoms with E-state index in [9.17, 15) is 13.2 Å². The van der Waals surface area contributed by atoms with Gasteiger partial charge in [0, 0.05) is 6.07 Å². The molecule has 0 aliphatic carbocycles. The second kappa shape index (κ2) is 4.08. The molecule has 88 valence electrons. The van der Waals surface area contributed by atoms with E-state index in [-0.39, 0.29) is 6.61 Å². The number of fused-ring (bicyclic) bond motifs is 1. The van der Waals surface area contributed by atoms with Crippen LogP contribution in [-0.2, 0) is 0 Å². The maximum Gasteiger partial charge on any atom is 0.404 e. The average molecular weight is 250 g/mol. The van der Waals surface area contributed by atoms with Gasteiger partial charge in [-0.15, -0.1) is 11.8 Å². The van der Waals surface area contributed by atoms with E-state index in [1.165, 1.54) is 7.11 Å². The summed E-state index contributed by atoms with van der Waals surface area (Å²) in [6.07, 6.45) is -4.23. The summed E-state index contributed by atoms with van der Waals surface area (Å²) >= 11 is 0.778. The lowest BCUT2D eigenvalue weighted by atomic mass is 10.3. The lowest BCUT2D eigenvalue weighted by molar-refractivity contribution is -0.134. The van der Waals surface area contributed by atoms with Crippen molar-refractivity contribution in [3.63, 3.8) is 0 Å². The van der Waals surface area contributed by atoms with E-state index in [1.54, 1.807) is 18.2 Å². The topological polar surface area (TPSA) is 18.5 Å². The Hall–Kier alpha value is -1.04. The fourth-order valence-corrected chi connectivity index (χ4v) is 2.30. The molecule has 0 fully saturated rings. The van der Waals surface area contributed by atoms with E-state index in [2.05, 4.69) is 0 Å². The predicted octanol–water partition coefficient (Wildman–Crippen LogP) is 3.11. The van der Waals surface area contributed by atoms with Crippen LogP contribution >= 0.6 is 11.8 Å². The highest BCUT2D eigenvalue weighted by atomic mass is 32.2. The molecule has 1 aliphatic heterocycles. The molecule has 6 heteroatoms. The molecule has 0 bridgehead atoms. The number of thioether (sulfide) groups is 1. The summed E-state index contributed by atoms with van der Waals surface area (Å²) in [5.74, 6) is 1.02. The van der Waals surface area contributed by atoms with Gasteiger partial charge in [0.05, 0.1) is 12.0 Å². The number of hydrogen-bond donors (Lipinski definition) is 0. The molecule has 0 amide bonds. The first-order valence-electron chi connectivity index (χ1n) is 4.55. The van der Waals surface area contributed by atoms with Crippen LogP contribution in [0.2, 0.25) is 0 Å². The van der Waals surface area contributed by atoms with Crippen molar-refractivity contribution in [2.75, 3.05) is 13.7 Å². The molecule has 2 rings (SSSR count). The van der Waals surface area contributed by atoms with Gasteiger partial charge in [-0.3, -0.25) is 0 Å². The fraction of sp³-hybridized carbons (Fsp3) is 0.400. The summed E-state index contributed by atoms with van der Waals surface area (Å²) in [6, 6.07) is 4.79. The minimum Gasteiger partial charge on any atom is -0.497 e. The van der Waals surface area contributed by atoms with Crippen molar-refractivity contribution in [3.05, 3.63) is 18.2 Å². The summed E-state index contributed by atoms with van der Waals surface area (Å²) in [6.45, 7) is -0.353. The molecule has 0 aromatic heterocycles. The largest absolute Gasteiger partial charge is 0.497 e. The van der Waals surface area contributed by atoms with Gasteiger partial charge in [0.1, 0.15) is 23.4 Å². The van der Waals surface area contributed by atoms with E-state index >= 15 is 0 Å². The number of alkyl halides is 3. The molecular weight excluding hydrogens is 241 g/mol. The van der Waals surface area contributed by atoms with Crippen LogP contribution in [0.5, 0.6) is 11.5 Å². The molecule has 0 saturated carbocycles. The third kappa shape index (κ3) is 2.21. The summed E-state index contributed by atoms with van der Waals surface area (Å²) < 4.78 is 47.4. The number of hydrogen-bond acceptors (Lipinski definition) is 3. The molecule has 0 spiro atoms. The minimum absolute atomic E-state index is 0.353.